The van der Waals surface area contributed by atoms with Gasteiger partial charge in [-0.25, -0.2) is 4.79 Å². The van der Waals surface area contributed by atoms with Gasteiger partial charge >= 0.3 is 5.97 Å². The average molecular weight is 581 g/mol. The lowest BCUT2D eigenvalue weighted by atomic mass is 10.0. The summed E-state index contributed by atoms with van der Waals surface area (Å²) in [7, 11) is 0. The molecule has 1 spiro atoms. The summed E-state index contributed by atoms with van der Waals surface area (Å²) in [5, 5.41) is 21.9. The van der Waals surface area contributed by atoms with Crippen LogP contribution in [0.25, 0.3) is 0 Å². The van der Waals surface area contributed by atoms with Crippen molar-refractivity contribution in [2.75, 3.05) is 31.2 Å². The van der Waals surface area contributed by atoms with E-state index < -0.39 is 42.5 Å². The quantitative estimate of drug-likeness (QED) is 0.163. The number of carbonyl (C=O) groups excluding carboxylic acids is 4. The summed E-state index contributed by atoms with van der Waals surface area (Å²) in [6, 6.07) is 6.51. The molecule has 5 N–H and O–H groups in total. The van der Waals surface area contributed by atoms with Gasteiger partial charge < -0.3 is 31.1 Å². The van der Waals surface area contributed by atoms with Gasteiger partial charge in [0.2, 0.25) is 11.8 Å². The first-order valence-corrected chi connectivity index (χ1v) is 15.5. The van der Waals surface area contributed by atoms with Crippen molar-refractivity contribution in [2.45, 2.75) is 74.3 Å². The zero-order valence-corrected chi connectivity index (χ0v) is 24.2. The average Bonchev–Trinajstić information content (AvgIpc) is 3.59. The zero-order chi connectivity index (χ0) is 28.3. The molecule has 39 heavy (non-hydrogen) atoms. The van der Waals surface area contributed by atoms with E-state index in [4.69, 9.17) is 4.74 Å². The van der Waals surface area contributed by atoms with E-state index in [0.717, 1.165) is 24.5 Å². The number of hydrogen-bond donors (Lipinski definition) is 5. The van der Waals surface area contributed by atoms with Crippen molar-refractivity contribution >= 4 is 47.2 Å². The topological polar surface area (TPSA) is 146 Å². The standard InChI is InChI=1S/C27H40N4O6S2/c1-3-5-12-37-26(36)22(18-10-7-6-8-11-18)31-21(32)16-28-25(35)23(33)19(9-4-2)30-24(34)20-15-27(17-29-20)38-13-14-39-27/h6-8,10-11,19-20,22-23,29,33H,3-5,9,12-17H2,1-2H3,(H,28,35)(H,30,34)(H,31,32)/t19?,20-,22-,23?/m0/s1. The maximum Gasteiger partial charge on any atom is 0.333 e. The van der Waals surface area contributed by atoms with Crippen LogP contribution in [0.1, 0.15) is 57.6 Å². The lowest BCUT2D eigenvalue weighted by molar-refractivity contribution is -0.148. The lowest BCUT2D eigenvalue weighted by Crippen LogP contribution is -2.54. The SMILES string of the molecule is CCCCOC(=O)[C@@H](NC(=O)CNC(=O)C(O)C(CCC)NC(=O)[C@@H]1CC2(CN1)SCCS2)c1ccccc1. The fraction of sp³-hybridized carbons (Fsp3) is 0.630. The number of hydrogen-bond acceptors (Lipinski definition) is 9. The lowest BCUT2D eigenvalue weighted by Gasteiger charge is -2.25. The van der Waals surface area contributed by atoms with Gasteiger partial charge in [-0.15, -0.1) is 23.5 Å². The monoisotopic (exact) mass is 580 g/mol. The number of aliphatic hydroxyl groups is 1. The molecule has 0 bridgehead atoms. The third-order valence-corrected chi connectivity index (χ3v) is 10.1. The molecule has 10 nitrogen and oxygen atoms in total. The van der Waals surface area contributed by atoms with Crippen LogP contribution < -0.4 is 21.3 Å². The van der Waals surface area contributed by atoms with Gasteiger partial charge in [0.1, 0.15) is 0 Å². The number of rotatable bonds is 14. The molecule has 1 aromatic rings. The molecule has 2 saturated heterocycles. The number of amides is 3. The fourth-order valence-electron chi connectivity index (χ4n) is 4.53. The van der Waals surface area contributed by atoms with E-state index in [2.05, 4.69) is 21.3 Å². The van der Waals surface area contributed by atoms with Crippen molar-refractivity contribution in [3.05, 3.63) is 35.9 Å². The molecule has 2 aliphatic rings. The number of ether oxygens (including phenoxy) is 1. The van der Waals surface area contributed by atoms with E-state index in [9.17, 15) is 24.3 Å². The van der Waals surface area contributed by atoms with Gasteiger partial charge in [0.25, 0.3) is 5.91 Å². The van der Waals surface area contributed by atoms with E-state index in [0.29, 0.717) is 31.2 Å². The summed E-state index contributed by atoms with van der Waals surface area (Å²) >= 11 is 3.74. The number of thioether (sulfide) groups is 2. The van der Waals surface area contributed by atoms with Crippen LogP contribution in [0.2, 0.25) is 0 Å². The molecule has 4 atom stereocenters. The number of aliphatic hydroxyl groups excluding tert-OH is 1. The highest BCUT2D eigenvalue weighted by Crippen LogP contribution is 2.49. The summed E-state index contributed by atoms with van der Waals surface area (Å²) in [5.74, 6) is -0.0781. The van der Waals surface area contributed by atoms with Crippen molar-refractivity contribution in [2.24, 2.45) is 0 Å². The van der Waals surface area contributed by atoms with Gasteiger partial charge in [0.15, 0.2) is 12.1 Å². The van der Waals surface area contributed by atoms with Gasteiger partial charge in [-0.1, -0.05) is 57.0 Å². The van der Waals surface area contributed by atoms with Gasteiger partial charge in [0.05, 0.1) is 29.3 Å². The molecule has 12 heteroatoms. The van der Waals surface area contributed by atoms with Crippen molar-refractivity contribution in [3.8, 4) is 0 Å². The summed E-state index contributed by atoms with van der Waals surface area (Å²) in [6.45, 7) is 4.42. The van der Waals surface area contributed by atoms with Crippen molar-refractivity contribution in [1.29, 1.82) is 0 Å². The van der Waals surface area contributed by atoms with Crippen molar-refractivity contribution in [1.82, 2.24) is 21.3 Å². The zero-order valence-electron chi connectivity index (χ0n) is 22.6. The molecule has 216 valence electrons. The van der Waals surface area contributed by atoms with E-state index >= 15 is 0 Å². The van der Waals surface area contributed by atoms with Crippen LogP contribution in [0, 0.1) is 0 Å². The van der Waals surface area contributed by atoms with Crippen LogP contribution in [-0.4, -0.2) is 82.3 Å². The van der Waals surface area contributed by atoms with Crippen molar-refractivity contribution < 1.29 is 29.0 Å². The molecule has 2 fully saturated rings. The summed E-state index contributed by atoms with van der Waals surface area (Å²) in [4.78, 5) is 51.0. The number of unbranched alkanes of at least 4 members (excludes halogenated alkanes) is 1. The molecule has 2 heterocycles. The largest absolute Gasteiger partial charge is 0.464 e. The molecular formula is C27H40N4O6S2. The molecule has 0 saturated carbocycles. The number of nitrogens with one attached hydrogen (secondary N) is 4. The Morgan fingerprint density at radius 3 is 2.49 bits per heavy atom. The van der Waals surface area contributed by atoms with Crippen LogP contribution in [0.5, 0.6) is 0 Å². The summed E-state index contributed by atoms with van der Waals surface area (Å²) in [6.07, 6.45) is 1.77. The Morgan fingerprint density at radius 2 is 1.82 bits per heavy atom. The number of esters is 1. The van der Waals surface area contributed by atoms with Gasteiger partial charge in [-0.3, -0.25) is 14.4 Å². The Labute approximate surface area is 238 Å². The third kappa shape index (κ3) is 9.12. The van der Waals surface area contributed by atoms with E-state index in [1.165, 1.54) is 0 Å². The molecule has 3 amide bonds. The second-order valence-corrected chi connectivity index (χ2v) is 13.0. The number of benzene rings is 1. The fourth-order valence-corrected chi connectivity index (χ4v) is 7.71. The van der Waals surface area contributed by atoms with Crippen LogP contribution in [0.3, 0.4) is 0 Å². The Morgan fingerprint density at radius 1 is 1.10 bits per heavy atom. The van der Waals surface area contributed by atoms with Crippen LogP contribution in [-0.2, 0) is 23.9 Å². The molecule has 1 aromatic carbocycles. The second-order valence-electron chi connectivity index (χ2n) is 9.74. The van der Waals surface area contributed by atoms with Crippen LogP contribution >= 0.6 is 23.5 Å². The first kappa shape index (κ1) is 31.3. The highest BCUT2D eigenvalue weighted by atomic mass is 32.2. The minimum Gasteiger partial charge on any atom is -0.464 e. The highest BCUT2D eigenvalue weighted by Gasteiger charge is 2.45. The van der Waals surface area contributed by atoms with E-state index in [-0.39, 0.29) is 22.6 Å². The summed E-state index contributed by atoms with van der Waals surface area (Å²) < 4.78 is 5.32. The normalized spacial score (nSPS) is 20.1. The molecule has 2 aliphatic heterocycles. The molecular weight excluding hydrogens is 540 g/mol. The first-order chi connectivity index (χ1) is 18.8. The molecule has 0 aliphatic carbocycles. The number of carbonyl (C=O) groups is 4. The Bertz CT molecular complexity index is 976. The maximum absolute atomic E-state index is 12.9. The predicted molar refractivity (Wildman–Crippen MR) is 153 cm³/mol. The van der Waals surface area contributed by atoms with E-state index in [1.807, 2.05) is 37.4 Å². The van der Waals surface area contributed by atoms with Gasteiger partial charge in [-0.05, 0) is 24.8 Å². The highest BCUT2D eigenvalue weighted by molar-refractivity contribution is 8.21. The van der Waals surface area contributed by atoms with Crippen LogP contribution in [0.15, 0.2) is 30.3 Å². The molecule has 2 unspecified atom stereocenters. The Hall–Kier alpha value is -2.28. The van der Waals surface area contributed by atoms with E-state index in [1.54, 1.807) is 30.3 Å². The molecule has 0 radical (unpaired) electrons. The smallest absolute Gasteiger partial charge is 0.333 e. The minimum absolute atomic E-state index is 0.0195. The first-order valence-electron chi connectivity index (χ1n) is 13.6. The van der Waals surface area contributed by atoms with Crippen LogP contribution in [0.4, 0.5) is 0 Å². The molecule has 3 rings (SSSR count). The second kappa shape index (κ2) is 15.5. The Balaban J connectivity index is 1.52. The summed E-state index contributed by atoms with van der Waals surface area (Å²) in [5.41, 5.74) is 0.557. The van der Waals surface area contributed by atoms with Gasteiger partial charge in [0, 0.05) is 18.1 Å². The Kier molecular flexibility index (Phi) is 12.4. The van der Waals surface area contributed by atoms with Gasteiger partial charge in [-0.2, -0.15) is 0 Å². The predicted octanol–water partition coefficient (Wildman–Crippen LogP) is 1.49. The minimum atomic E-state index is -1.53. The van der Waals surface area contributed by atoms with Crippen molar-refractivity contribution in [3.63, 3.8) is 0 Å². The molecule has 0 aromatic heterocycles. The third-order valence-electron chi connectivity index (χ3n) is 6.68. The maximum atomic E-state index is 12.9.